The number of aromatic nitrogens is 2. The number of rotatable bonds is 12. The van der Waals surface area contributed by atoms with Gasteiger partial charge in [-0.25, -0.2) is 14.6 Å². The number of nitrogens with two attached hydrogens (primary N) is 1. The Morgan fingerprint density at radius 3 is 2.57 bits per heavy atom. The summed E-state index contributed by atoms with van der Waals surface area (Å²) in [7, 11) is 1.78. The summed E-state index contributed by atoms with van der Waals surface area (Å²) in [6, 6.07) is 10.8. The van der Waals surface area contributed by atoms with Crippen molar-refractivity contribution in [2.45, 2.75) is 22.4 Å². The topological polar surface area (TPSA) is 200 Å². The van der Waals surface area contributed by atoms with Crippen molar-refractivity contribution in [3.63, 3.8) is 0 Å². The first-order valence-corrected chi connectivity index (χ1v) is 15.8. The molecule has 0 radical (unpaired) electrons. The predicted octanol–water partition coefficient (Wildman–Crippen LogP) is 1.26. The molecule has 2 aliphatic heterocycles. The summed E-state index contributed by atoms with van der Waals surface area (Å²) in [5.41, 5.74) is 9.11. The lowest BCUT2D eigenvalue weighted by Crippen LogP contribution is -2.71. The third-order valence-electron chi connectivity index (χ3n) is 6.56. The number of thiazole rings is 1. The Morgan fingerprint density at radius 2 is 1.95 bits per heavy atom. The van der Waals surface area contributed by atoms with E-state index in [1.165, 1.54) is 45.9 Å². The number of benzene rings is 1. The van der Waals surface area contributed by atoms with Crippen LogP contribution in [0.2, 0.25) is 0 Å². The molecule has 6 N–H and O–H groups in total. The number of anilines is 1. The largest absolute Gasteiger partial charge is 0.478 e. The van der Waals surface area contributed by atoms with E-state index in [0.29, 0.717) is 22.6 Å². The Kier molecular flexibility index (Phi) is 9.36. The van der Waals surface area contributed by atoms with E-state index in [-0.39, 0.29) is 22.2 Å². The van der Waals surface area contributed by atoms with Crippen LogP contribution < -0.4 is 21.2 Å². The van der Waals surface area contributed by atoms with Gasteiger partial charge in [-0.05, 0) is 5.57 Å². The molecule has 1 fully saturated rings. The van der Waals surface area contributed by atoms with Gasteiger partial charge < -0.3 is 26.1 Å². The zero-order valence-corrected chi connectivity index (χ0v) is 25.4. The molecular formula is C27H26N7O7S3+. The van der Waals surface area contributed by atoms with Gasteiger partial charge in [-0.15, -0.1) is 34.9 Å². The Hall–Kier alpha value is -4.61. The summed E-state index contributed by atoms with van der Waals surface area (Å²) in [4.78, 5) is 62.3. The van der Waals surface area contributed by atoms with Gasteiger partial charge in [-0.2, -0.15) is 5.43 Å². The Morgan fingerprint density at radius 1 is 1.23 bits per heavy atom. The molecule has 14 nitrogen and oxygen atoms in total. The molecule has 4 heterocycles. The Bertz CT molecular complexity index is 1650. The van der Waals surface area contributed by atoms with E-state index < -0.39 is 41.3 Å². The van der Waals surface area contributed by atoms with Crippen LogP contribution in [0.25, 0.3) is 0 Å². The molecule has 0 saturated carbocycles. The highest BCUT2D eigenvalue weighted by molar-refractivity contribution is 8.01. The van der Waals surface area contributed by atoms with Crippen LogP contribution in [0.1, 0.15) is 17.4 Å². The molecule has 1 aromatic carbocycles. The summed E-state index contributed by atoms with van der Waals surface area (Å²) < 4.78 is 1.76. The number of pyridine rings is 1. The van der Waals surface area contributed by atoms with E-state index in [1.807, 2.05) is 24.5 Å². The first kappa shape index (κ1) is 30.8. The van der Waals surface area contributed by atoms with E-state index in [0.717, 1.165) is 16.2 Å². The number of thioether (sulfide) groups is 2. The van der Waals surface area contributed by atoms with E-state index in [4.69, 9.17) is 10.6 Å². The minimum absolute atomic E-state index is 0.0220. The zero-order chi connectivity index (χ0) is 31.4. The van der Waals surface area contributed by atoms with Gasteiger partial charge in [0.2, 0.25) is 18.5 Å². The lowest BCUT2D eigenvalue weighted by molar-refractivity contribution is -0.647. The molecule has 44 heavy (non-hydrogen) atoms. The van der Waals surface area contributed by atoms with E-state index in [2.05, 4.69) is 20.9 Å². The second-order valence-electron chi connectivity index (χ2n) is 9.32. The van der Waals surface area contributed by atoms with Crippen molar-refractivity contribution in [2.75, 3.05) is 29.7 Å². The fourth-order valence-electron chi connectivity index (χ4n) is 4.42. The lowest BCUT2D eigenvalue weighted by atomic mass is 10.0. The van der Waals surface area contributed by atoms with Crippen molar-refractivity contribution in [1.82, 2.24) is 15.2 Å². The molecule has 17 heteroatoms. The summed E-state index contributed by atoms with van der Waals surface area (Å²) in [6.07, 6.45) is 2.14. The molecule has 0 aliphatic carbocycles. The number of hydrogen-bond acceptors (Lipinski definition) is 12. The number of oxime groups is 1. The highest BCUT2D eigenvalue weighted by atomic mass is 32.2. The second kappa shape index (κ2) is 13.4. The van der Waals surface area contributed by atoms with Crippen molar-refractivity contribution < 1.29 is 38.9 Å². The third kappa shape index (κ3) is 6.48. The van der Waals surface area contributed by atoms with Gasteiger partial charge in [0.1, 0.15) is 22.8 Å². The molecule has 1 unspecified atom stereocenters. The van der Waals surface area contributed by atoms with Crippen LogP contribution >= 0.6 is 34.9 Å². The number of aliphatic carboxylic acids is 2. The fourth-order valence-corrected chi connectivity index (χ4v) is 7.33. The average Bonchev–Trinajstić information content (AvgIpc) is 3.46. The number of carboxylic acids is 2. The summed E-state index contributed by atoms with van der Waals surface area (Å²) >= 11 is 3.81. The molecule has 5 rings (SSSR count). The third-order valence-corrected chi connectivity index (χ3v) is 9.67. The van der Waals surface area contributed by atoms with Crippen LogP contribution in [0.3, 0.4) is 0 Å². The fraction of sp³-hybridized carbons (Fsp3) is 0.222. The normalized spacial score (nSPS) is 18.6. The van der Waals surface area contributed by atoms with Crippen molar-refractivity contribution in [1.29, 1.82) is 0 Å². The number of nitrogens with zero attached hydrogens (tertiary/aromatic N) is 4. The van der Waals surface area contributed by atoms with Crippen LogP contribution in [0, 0.1) is 0 Å². The van der Waals surface area contributed by atoms with Crippen LogP contribution in [0.15, 0.2) is 81.6 Å². The maximum Gasteiger partial charge on any atom is 0.352 e. The minimum atomic E-state index is -1.52. The molecule has 3 aromatic rings. The van der Waals surface area contributed by atoms with Crippen molar-refractivity contribution >= 4 is 69.5 Å². The molecular weight excluding hydrogens is 631 g/mol. The number of β-lactam (4-membered cyclic amide) rings is 1. The average molecular weight is 657 g/mol. The Labute approximate surface area is 262 Å². The quantitative estimate of drug-likeness (QED) is 0.0616. The number of carbonyl (C=O) groups is 4. The van der Waals surface area contributed by atoms with E-state index in [1.54, 1.807) is 29.9 Å². The lowest BCUT2D eigenvalue weighted by Gasteiger charge is -2.49. The first-order valence-electron chi connectivity index (χ1n) is 12.9. The molecule has 3 atom stereocenters. The molecule has 2 amide bonds. The van der Waals surface area contributed by atoms with Crippen molar-refractivity contribution in [2.24, 2.45) is 5.16 Å². The predicted molar refractivity (Wildman–Crippen MR) is 163 cm³/mol. The zero-order valence-electron chi connectivity index (χ0n) is 22.9. The maximum absolute atomic E-state index is 13.4. The molecule has 0 bridgehead atoms. The summed E-state index contributed by atoms with van der Waals surface area (Å²) in [5.74, 6) is -3.34. The molecule has 1 saturated heterocycles. The first-order chi connectivity index (χ1) is 21.2. The number of carbonyl (C=O) groups excluding carboxylic acids is 2. The van der Waals surface area contributed by atoms with Gasteiger partial charge in [0.05, 0.1) is 7.05 Å². The summed E-state index contributed by atoms with van der Waals surface area (Å²) in [5, 5.41) is 27.0. The highest BCUT2D eigenvalue weighted by Crippen LogP contribution is 2.41. The van der Waals surface area contributed by atoms with Gasteiger partial charge in [0, 0.05) is 39.5 Å². The van der Waals surface area contributed by atoms with Gasteiger partial charge >= 0.3 is 11.9 Å². The van der Waals surface area contributed by atoms with Gasteiger partial charge in [-0.1, -0.05) is 40.2 Å². The molecule has 2 aliphatic rings. The van der Waals surface area contributed by atoms with Crippen LogP contribution in [0.4, 0.5) is 5.13 Å². The SMILES string of the molecule is CN[n+]1ccc(SCC2=C(C(=O)O)N3C(=O)[C@@H](NC(=O)/C(=N/OC(C(=O)O)c4ccccc4)c4csc(N)n4)[C@H]3SC2)cc1. The van der Waals surface area contributed by atoms with Crippen molar-refractivity contribution in [3.05, 3.63) is 82.8 Å². The standard InChI is InChI=1S/C27H25N7O7S3/c1-29-33-9-7-16(8-10-33)42-11-15-12-43-24-19(23(36)34(24)20(15)25(37)38)31-22(35)18(17-13-44-27(28)30-17)32-41-21(26(39)40)14-5-3-2-4-6-14/h2-10,13,19,21,24,29H,11-12H2,1H3,(H4-,28,30,31,35,37,38,39,40)/p+1/b32-18+/t19-,21?,24-/m1/s1. The van der Waals surface area contributed by atoms with E-state index in [9.17, 15) is 29.4 Å². The number of nitrogen functional groups attached to an aromatic ring is 1. The Balaban J connectivity index is 1.32. The second-order valence-corrected chi connectivity index (χ2v) is 12.4. The maximum atomic E-state index is 13.4. The number of amides is 2. The smallest absolute Gasteiger partial charge is 0.352 e. The minimum Gasteiger partial charge on any atom is -0.478 e. The van der Waals surface area contributed by atoms with Gasteiger partial charge in [-0.3, -0.25) is 14.5 Å². The van der Waals surface area contributed by atoms with Gasteiger partial charge in [0.15, 0.2) is 10.8 Å². The number of nitrogens with one attached hydrogen (secondary N) is 2. The monoisotopic (exact) mass is 656 g/mol. The highest BCUT2D eigenvalue weighted by Gasteiger charge is 2.54. The van der Waals surface area contributed by atoms with Crippen LogP contribution in [-0.2, 0) is 24.0 Å². The molecule has 2 aromatic heterocycles. The van der Waals surface area contributed by atoms with Crippen LogP contribution in [-0.4, -0.2) is 79.5 Å². The van der Waals surface area contributed by atoms with Crippen molar-refractivity contribution in [3.8, 4) is 0 Å². The molecule has 0 spiro atoms. The van der Waals surface area contributed by atoms with Crippen LogP contribution in [0.5, 0.6) is 0 Å². The molecule has 228 valence electrons. The number of fused-ring (bicyclic) bond motifs is 1. The van der Waals surface area contributed by atoms with Gasteiger partial charge in [0.25, 0.3) is 11.8 Å². The summed E-state index contributed by atoms with van der Waals surface area (Å²) in [6.45, 7) is 0. The number of hydrogen-bond donors (Lipinski definition) is 5. The number of carboxylic acid groups (broad SMARTS) is 2. The van der Waals surface area contributed by atoms with E-state index >= 15 is 0 Å².